The van der Waals surface area contributed by atoms with Crippen molar-refractivity contribution >= 4 is 28.1 Å². The second-order valence-corrected chi connectivity index (χ2v) is 4.06. The lowest BCUT2D eigenvalue weighted by Crippen LogP contribution is -2.18. The lowest BCUT2D eigenvalue weighted by molar-refractivity contribution is 0.0949. The Morgan fingerprint density at radius 3 is 2.82 bits per heavy atom. The van der Waals surface area contributed by atoms with Gasteiger partial charge in [0, 0.05) is 0 Å². The molecule has 17 heavy (non-hydrogen) atoms. The molecule has 0 saturated heterocycles. The van der Waals surface area contributed by atoms with Crippen LogP contribution < -0.4 is 5.43 Å². The molecule has 0 unspecified atom stereocenters. The zero-order valence-corrected chi connectivity index (χ0v) is 10.3. The molecule has 0 aliphatic heterocycles. The van der Waals surface area contributed by atoms with Gasteiger partial charge in [-0.2, -0.15) is 10.2 Å². The van der Waals surface area contributed by atoms with Crippen molar-refractivity contribution in [2.24, 2.45) is 5.10 Å². The molecule has 0 radical (unpaired) electrons. The number of hydrogen-bond acceptors (Lipinski definition) is 3. The lowest BCUT2D eigenvalue weighted by Gasteiger charge is -1.96. The van der Waals surface area contributed by atoms with E-state index < -0.39 is 0 Å². The van der Waals surface area contributed by atoms with Crippen molar-refractivity contribution in [3.8, 4) is 0 Å². The first kappa shape index (κ1) is 11.5. The Hall–Kier alpha value is -1.95. The van der Waals surface area contributed by atoms with Gasteiger partial charge in [0.15, 0.2) is 0 Å². The van der Waals surface area contributed by atoms with Crippen LogP contribution in [0.1, 0.15) is 16.1 Å². The van der Waals surface area contributed by atoms with E-state index in [9.17, 15) is 4.79 Å². The molecule has 0 atom stereocenters. The summed E-state index contributed by atoms with van der Waals surface area (Å²) in [4.78, 5) is 11.6. The van der Waals surface area contributed by atoms with Crippen molar-refractivity contribution < 1.29 is 4.79 Å². The van der Waals surface area contributed by atoms with Gasteiger partial charge in [0.2, 0.25) is 0 Å². The van der Waals surface area contributed by atoms with Gasteiger partial charge in [0.1, 0.15) is 5.69 Å². The second-order valence-electron chi connectivity index (χ2n) is 3.20. The van der Waals surface area contributed by atoms with Gasteiger partial charge < -0.3 is 0 Å². The quantitative estimate of drug-likeness (QED) is 0.670. The van der Waals surface area contributed by atoms with E-state index in [0.717, 1.165) is 5.56 Å². The highest BCUT2D eigenvalue weighted by Crippen LogP contribution is 2.11. The van der Waals surface area contributed by atoms with E-state index in [1.165, 1.54) is 6.20 Å². The van der Waals surface area contributed by atoms with Gasteiger partial charge in [-0.1, -0.05) is 30.3 Å². The smallest absolute Gasteiger partial charge is 0.272 e. The van der Waals surface area contributed by atoms with Crippen LogP contribution >= 0.6 is 15.9 Å². The predicted molar refractivity (Wildman–Crippen MR) is 67.8 cm³/mol. The third kappa shape index (κ3) is 3.01. The van der Waals surface area contributed by atoms with Crippen molar-refractivity contribution in [2.45, 2.75) is 0 Å². The van der Waals surface area contributed by atoms with Crippen molar-refractivity contribution in [3.05, 3.63) is 52.3 Å². The Kier molecular flexibility index (Phi) is 3.66. The molecule has 2 rings (SSSR count). The number of H-pyrrole nitrogens is 1. The van der Waals surface area contributed by atoms with Crippen LogP contribution in [0.2, 0.25) is 0 Å². The molecule has 0 aliphatic rings. The van der Waals surface area contributed by atoms with Gasteiger partial charge in [-0.05, 0) is 21.5 Å². The summed E-state index contributed by atoms with van der Waals surface area (Å²) in [7, 11) is 0. The van der Waals surface area contributed by atoms with Crippen LogP contribution in [0.15, 0.2) is 46.1 Å². The SMILES string of the molecule is O=C(N/N=C\c1ccccc1)c1[nH]ncc1Br. The molecule has 6 heteroatoms. The van der Waals surface area contributed by atoms with Crippen molar-refractivity contribution in [1.82, 2.24) is 15.6 Å². The fourth-order valence-electron chi connectivity index (χ4n) is 1.19. The first-order valence-corrected chi connectivity index (χ1v) is 5.64. The second kappa shape index (κ2) is 5.40. The summed E-state index contributed by atoms with van der Waals surface area (Å²) in [6.07, 6.45) is 3.08. The van der Waals surface area contributed by atoms with Gasteiger partial charge in [-0.3, -0.25) is 9.89 Å². The Bertz CT molecular complexity index is 535. The number of rotatable bonds is 3. The fraction of sp³-hybridized carbons (Fsp3) is 0. The number of nitrogens with zero attached hydrogens (tertiary/aromatic N) is 2. The zero-order valence-electron chi connectivity index (χ0n) is 8.72. The van der Waals surface area contributed by atoms with Crippen LogP contribution in [0.5, 0.6) is 0 Å². The number of halogens is 1. The molecule has 0 spiro atoms. The molecule has 1 heterocycles. The Labute approximate surface area is 106 Å². The topological polar surface area (TPSA) is 70.1 Å². The van der Waals surface area contributed by atoms with Gasteiger partial charge in [-0.15, -0.1) is 0 Å². The molecule has 86 valence electrons. The minimum Gasteiger partial charge on any atom is -0.272 e. The molecule has 1 amide bonds. The molecule has 2 N–H and O–H groups in total. The van der Waals surface area contributed by atoms with E-state index in [4.69, 9.17) is 0 Å². The summed E-state index contributed by atoms with van der Waals surface area (Å²) >= 11 is 3.20. The summed E-state index contributed by atoms with van der Waals surface area (Å²) in [5, 5.41) is 10.1. The van der Waals surface area contributed by atoms with Crippen molar-refractivity contribution in [1.29, 1.82) is 0 Å². The van der Waals surface area contributed by atoms with Crippen molar-refractivity contribution in [2.75, 3.05) is 0 Å². The number of carbonyl (C=O) groups is 1. The van der Waals surface area contributed by atoms with E-state index in [1.807, 2.05) is 30.3 Å². The normalized spacial score (nSPS) is 10.6. The standard InChI is InChI=1S/C11H9BrN4O/c12-9-7-14-15-10(9)11(17)16-13-6-8-4-2-1-3-5-8/h1-7H,(H,14,15)(H,16,17)/b13-6-. The fourth-order valence-corrected chi connectivity index (χ4v) is 1.56. The van der Waals surface area contributed by atoms with E-state index >= 15 is 0 Å². The molecule has 1 aromatic carbocycles. The van der Waals surface area contributed by atoms with Crippen LogP contribution in [0.3, 0.4) is 0 Å². The maximum absolute atomic E-state index is 11.6. The summed E-state index contributed by atoms with van der Waals surface area (Å²) in [5.41, 5.74) is 3.66. The average Bonchev–Trinajstić information content (AvgIpc) is 2.77. The summed E-state index contributed by atoms with van der Waals surface area (Å²) < 4.78 is 0.602. The van der Waals surface area contributed by atoms with Crippen LogP contribution in [0.4, 0.5) is 0 Å². The highest BCUT2D eigenvalue weighted by molar-refractivity contribution is 9.10. The maximum atomic E-state index is 11.6. The van der Waals surface area contributed by atoms with Crippen LogP contribution in [-0.4, -0.2) is 22.3 Å². The van der Waals surface area contributed by atoms with E-state index in [-0.39, 0.29) is 5.91 Å². The van der Waals surface area contributed by atoms with E-state index in [1.54, 1.807) is 6.21 Å². The van der Waals surface area contributed by atoms with E-state index in [2.05, 4.69) is 36.7 Å². The molecule has 5 nitrogen and oxygen atoms in total. The number of benzene rings is 1. The number of aromatic nitrogens is 2. The Morgan fingerprint density at radius 1 is 1.41 bits per heavy atom. The third-order valence-corrected chi connectivity index (χ3v) is 2.60. The minimum absolute atomic E-state index is 0.343. The van der Waals surface area contributed by atoms with Gasteiger partial charge in [-0.25, -0.2) is 5.43 Å². The number of hydrazone groups is 1. The number of nitrogens with one attached hydrogen (secondary N) is 2. The zero-order chi connectivity index (χ0) is 12.1. The monoisotopic (exact) mass is 292 g/mol. The molecular weight excluding hydrogens is 284 g/mol. The summed E-state index contributed by atoms with van der Waals surface area (Å²) in [6, 6.07) is 9.49. The minimum atomic E-state index is -0.346. The predicted octanol–water partition coefficient (Wildman–Crippen LogP) is 1.94. The number of aromatic amines is 1. The highest BCUT2D eigenvalue weighted by atomic mass is 79.9. The van der Waals surface area contributed by atoms with Gasteiger partial charge in [0.05, 0.1) is 16.9 Å². The molecule has 1 aromatic heterocycles. The molecule has 0 saturated carbocycles. The van der Waals surface area contributed by atoms with E-state index in [0.29, 0.717) is 10.2 Å². The van der Waals surface area contributed by atoms with Crippen LogP contribution in [0.25, 0.3) is 0 Å². The largest absolute Gasteiger partial charge is 0.290 e. The molecule has 2 aromatic rings. The summed E-state index contributed by atoms with van der Waals surface area (Å²) in [5.74, 6) is -0.346. The Morgan fingerprint density at radius 2 is 2.18 bits per heavy atom. The first-order chi connectivity index (χ1) is 8.27. The molecule has 0 fully saturated rings. The third-order valence-electron chi connectivity index (χ3n) is 2.00. The van der Waals surface area contributed by atoms with Gasteiger partial charge >= 0.3 is 0 Å². The number of hydrogen-bond donors (Lipinski definition) is 2. The number of amides is 1. The first-order valence-electron chi connectivity index (χ1n) is 4.84. The van der Waals surface area contributed by atoms with Crippen LogP contribution in [0, 0.1) is 0 Å². The van der Waals surface area contributed by atoms with Crippen molar-refractivity contribution in [3.63, 3.8) is 0 Å². The summed E-state index contributed by atoms with van der Waals surface area (Å²) in [6.45, 7) is 0. The highest BCUT2D eigenvalue weighted by Gasteiger charge is 2.10. The lowest BCUT2D eigenvalue weighted by atomic mass is 10.2. The van der Waals surface area contributed by atoms with Crippen LogP contribution in [-0.2, 0) is 0 Å². The Balaban J connectivity index is 1.98. The number of carbonyl (C=O) groups excluding carboxylic acids is 1. The molecule has 0 bridgehead atoms. The molecular formula is C11H9BrN4O. The maximum Gasteiger partial charge on any atom is 0.290 e. The molecule has 0 aliphatic carbocycles. The average molecular weight is 293 g/mol. The van der Waals surface area contributed by atoms with Gasteiger partial charge in [0.25, 0.3) is 5.91 Å².